The van der Waals surface area contributed by atoms with E-state index >= 15 is 0 Å². The molecule has 1 heterocycles. The van der Waals surface area contributed by atoms with Gasteiger partial charge in [-0.25, -0.2) is 8.78 Å². The monoisotopic (exact) mass is 197 g/mol. The number of nitrogens with two attached hydrogens (primary N) is 1. The number of alkyl halides is 2. The van der Waals surface area contributed by atoms with Gasteiger partial charge < -0.3 is 10.2 Å². The summed E-state index contributed by atoms with van der Waals surface area (Å²) in [5, 5.41) is 0. The molecule has 0 amide bonds. The number of halogens is 3. The van der Waals surface area contributed by atoms with Crippen LogP contribution in [0.5, 0.6) is 0 Å². The topological polar surface area (TPSA) is 39.2 Å². The SMILES string of the molecule is Cl.N[C@H](CC(F)F)c1ccoc1. The summed E-state index contributed by atoms with van der Waals surface area (Å²) < 4.78 is 28.2. The van der Waals surface area contributed by atoms with E-state index in [1.54, 1.807) is 6.07 Å². The van der Waals surface area contributed by atoms with Crippen molar-refractivity contribution >= 4 is 12.4 Å². The van der Waals surface area contributed by atoms with E-state index in [1.165, 1.54) is 12.5 Å². The maximum absolute atomic E-state index is 11.8. The van der Waals surface area contributed by atoms with Crippen molar-refractivity contribution in [3.8, 4) is 0 Å². The van der Waals surface area contributed by atoms with E-state index in [9.17, 15) is 8.78 Å². The minimum absolute atomic E-state index is 0. The zero-order chi connectivity index (χ0) is 8.27. The van der Waals surface area contributed by atoms with Crippen LogP contribution in [-0.4, -0.2) is 6.43 Å². The summed E-state index contributed by atoms with van der Waals surface area (Å²) in [6, 6.07) is 0.973. The number of furan rings is 1. The van der Waals surface area contributed by atoms with Gasteiger partial charge in [0.25, 0.3) is 0 Å². The van der Waals surface area contributed by atoms with Crippen LogP contribution >= 0.6 is 12.4 Å². The second kappa shape index (κ2) is 5.11. The standard InChI is InChI=1S/C7H9F2NO.ClH/c8-7(9)3-6(10)5-1-2-11-4-5;/h1-2,4,6-7H,3,10H2;1H/t6-;/m1./s1. The molecule has 2 nitrogen and oxygen atoms in total. The molecule has 0 aliphatic rings. The molecule has 2 N–H and O–H groups in total. The fourth-order valence-electron chi connectivity index (χ4n) is 0.814. The fraction of sp³-hybridized carbons (Fsp3) is 0.429. The average Bonchev–Trinajstić information content (AvgIpc) is 2.35. The quantitative estimate of drug-likeness (QED) is 0.808. The predicted octanol–water partition coefficient (Wildman–Crippen LogP) is 2.36. The van der Waals surface area contributed by atoms with E-state index in [1.807, 2.05) is 0 Å². The Bertz CT molecular complexity index is 203. The van der Waals surface area contributed by atoms with Crippen LogP contribution in [0.1, 0.15) is 18.0 Å². The van der Waals surface area contributed by atoms with Gasteiger partial charge in [0, 0.05) is 18.0 Å². The van der Waals surface area contributed by atoms with Crippen LogP contribution < -0.4 is 5.73 Å². The van der Waals surface area contributed by atoms with Crippen LogP contribution in [-0.2, 0) is 0 Å². The Kier molecular flexibility index (Phi) is 4.85. The van der Waals surface area contributed by atoms with E-state index < -0.39 is 12.5 Å². The van der Waals surface area contributed by atoms with Crippen molar-refractivity contribution in [3.63, 3.8) is 0 Å². The molecule has 12 heavy (non-hydrogen) atoms. The van der Waals surface area contributed by atoms with Gasteiger partial charge in [0.05, 0.1) is 12.5 Å². The van der Waals surface area contributed by atoms with Crippen LogP contribution in [0.2, 0.25) is 0 Å². The molecule has 0 saturated heterocycles. The van der Waals surface area contributed by atoms with Crippen LogP contribution in [0.3, 0.4) is 0 Å². The van der Waals surface area contributed by atoms with E-state index in [2.05, 4.69) is 0 Å². The second-order valence-electron chi connectivity index (χ2n) is 2.29. The van der Waals surface area contributed by atoms with E-state index in [4.69, 9.17) is 10.2 Å². The molecule has 0 aliphatic heterocycles. The van der Waals surface area contributed by atoms with Gasteiger partial charge in [-0.05, 0) is 6.07 Å². The van der Waals surface area contributed by atoms with Gasteiger partial charge in [-0.2, -0.15) is 0 Å². The number of hydrogen-bond donors (Lipinski definition) is 1. The highest BCUT2D eigenvalue weighted by Crippen LogP contribution is 2.17. The minimum Gasteiger partial charge on any atom is -0.472 e. The Labute approximate surface area is 75.1 Å². The lowest BCUT2D eigenvalue weighted by atomic mass is 10.1. The van der Waals surface area contributed by atoms with Crippen LogP contribution in [0.25, 0.3) is 0 Å². The lowest BCUT2D eigenvalue weighted by Crippen LogP contribution is -2.12. The average molecular weight is 198 g/mol. The van der Waals surface area contributed by atoms with Gasteiger partial charge in [-0.1, -0.05) is 0 Å². The maximum Gasteiger partial charge on any atom is 0.240 e. The van der Waals surface area contributed by atoms with Gasteiger partial charge >= 0.3 is 0 Å². The molecule has 0 bridgehead atoms. The Morgan fingerprint density at radius 2 is 2.17 bits per heavy atom. The second-order valence-corrected chi connectivity index (χ2v) is 2.29. The van der Waals surface area contributed by atoms with Crippen LogP contribution in [0.4, 0.5) is 8.78 Å². The third-order valence-electron chi connectivity index (χ3n) is 1.40. The molecule has 1 atom stereocenters. The van der Waals surface area contributed by atoms with Gasteiger partial charge in [0.2, 0.25) is 6.43 Å². The molecule has 5 heteroatoms. The molecular weight excluding hydrogens is 188 g/mol. The molecule has 1 rings (SSSR count). The first-order valence-electron chi connectivity index (χ1n) is 3.26. The summed E-state index contributed by atoms with van der Waals surface area (Å²) in [4.78, 5) is 0. The molecule has 0 spiro atoms. The first-order valence-corrected chi connectivity index (χ1v) is 3.26. The molecule has 1 aromatic rings. The Balaban J connectivity index is 0.00000121. The molecule has 70 valence electrons. The molecule has 1 aromatic heterocycles. The molecular formula is C7H10ClF2NO. The first kappa shape index (κ1) is 11.4. The molecule has 0 unspecified atom stereocenters. The smallest absolute Gasteiger partial charge is 0.240 e. The van der Waals surface area contributed by atoms with Crippen molar-refractivity contribution in [2.24, 2.45) is 5.73 Å². The summed E-state index contributed by atoms with van der Waals surface area (Å²) in [7, 11) is 0. The summed E-state index contributed by atoms with van der Waals surface area (Å²) in [6.45, 7) is 0. The summed E-state index contributed by atoms with van der Waals surface area (Å²) >= 11 is 0. The van der Waals surface area contributed by atoms with Gasteiger partial charge in [-0.15, -0.1) is 12.4 Å². The summed E-state index contributed by atoms with van der Waals surface area (Å²) in [5.74, 6) is 0. The first-order chi connectivity index (χ1) is 5.20. The van der Waals surface area contributed by atoms with E-state index in [0.717, 1.165) is 0 Å². The minimum atomic E-state index is -2.36. The van der Waals surface area contributed by atoms with E-state index in [-0.39, 0.29) is 18.8 Å². The molecule has 0 radical (unpaired) electrons. The van der Waals surface area contributed by atoms with Gasteiger partial charge in [-0.3, -0.25) is 0 Å². The highest BCUT2D eigenvalue weighted by Gasteiger charge is 2.13. The zero-order valence-corrected chi connectivity index (χ0v) is 7.06. The normalized spacial score (nSPS) is 12.7. The molecule has 0 saturated carbocycles. The summed E-state index contributed by atoms with van der Waals surface area (Å²) in [5.41, 5.74) is 6.02. The van der Waals surface area contributed by atoms with Crippen molar-refractivity contribution < 1.29 is 13.2 Å². The van der Waals surface area contributed by atoms with Crippen molar-refractivity contribution in [2.45, 2.75) is 18.9 Å². The summed E-state index contributed by atoms with van der Waals surface area (Å²) in [6.07, 6.45) is 0.118. The van der Waals surface area contributed by atoms with Crippen molar-refractivity contribution in [1.82, 2.24) is 0 Å². The Morgan fingerprint density at radius 1 is 1.50 bits per heavy atom. The number of rotatable bonds is 3. The largest absolute Gasteiger partial charge is 0.472 e. The third-order valence-corrected chi connectivity index (χ3v) is 1.40. The highest BCUT2D eigenvalue weighted by atomic mass is 35.5. The van der Waals surface area contributed by atoms with Gasteiger partial charge in [0.15, 0.2) is 0 Å². The van der Waals surface area contributed by atoms with Crippen molar-refractivity contribution in [2.75, 3.05) is 0 Å². The third kappa shape index (κ3) is 3.19. The lowest BCUT2D eigenvalue weighted by molar-refractivity contribution is 0.128. The Morgan fingerprint density at radius 3 is 2.58 bits per heavy atom. The zero-order valence-electron chi connectivity index (χ0n) is 6.24. The predicted molar refractivity (Wildman–Crippen MR) is 43.5 cm³/mol. The molecule has 0 fully saturated rings. The maximum atomic E-state index is 11.8. The van der Waals surface area contributed by atoms with Crippen molar-refractivity contribution in [3.05, 3.63) is 24.2 Å². The number of hydrogen-bond acceptors (Lipinski definition) is 2. The fourth-order valence-corrected chi connectivity index (χ4v) is 0.814. The highest BCUT2D eigenvalue weighted by molar-refractivity contribution is 5.85. The molecule has 0 aliphatic carbocycles. The van der Waals surface area contributed by atoms with Crippen LogP contribution in [0, 0.1) is 0 Å². The Hall–Kier alpha value is -0.610. The van der Waals surface area contributed by atoms with E-state index in [0.29, 0.717) is 5.56 Å². The van der Waals surface area contributed by atoms with Crippen molar-refractivity contribution in [1.29, 1.82) is 0 Å². The lowest BCUT2D eigenvalue weighted by Gasteiger charge is -2.06. The van der Waals surface area contributed by atoms with Gasteiger partial charge in [0.1, 0.15) is 0 Å². The molecule has 0 aromatic carbocycles. The van der Waals surface area contributed by atoms with Crippen LogP contribution in [0.15, 0.2) is 23.0 Å².